The van der Waals surface area contributed by atoms with E-state index in [1.54, 1.807) is 7.11 Å². The second-order valence-electron chi connectivity index (χ2n) is 3.28. The van der Waals surface area contributed by atoms with Crippen molar-refractivity contribution in [3.05, 3.63) is 24.3 Å². The average Bonchev–Trinajstić information content (AvgIpc) is 2.34. The molecule has 0 unspecified atom stereocenters. The summed E-state index contributed by atoms with van der Waals surface area (Å²) in [5.74, 6) is 1.59. The first kappa shape index (κ1) is 12.8. The van der Waals surface area contributed by atoms with Crippen LogP contribution in [0.3, 0.4) is 0 Å². The highest BCUT2D eigenvalue weighted by molar-refractivity contribution is 5.32. The minimum Gasteiger partial charge on any atom is -0.497 e. The maximum Gasteiger partial charge on any atom is 0.123 e. The number of ether oxygens (including phenoxy) is 3. The SMILES string of the molecule is COc1cccc(OCCOCCCN)c1. The van der Waals surface area contributed by atoms with E-state index in [0.29, 0.717) is 26.4 Å². The van der Waals surface area contributed by atoms with Crippen molar-refractivity contribution in [3.63, 3.8) is 0 Å². The third-order valence-corrected chi connectivity index (χ3v) is 2.03. The molecule has 0 heterocycles. The van der Waals surface area contributed by atoms with Gasteiger partial charge in [0.1, 0.15) is 18.1 Å². The number of rotatable bonds is 8. The number of hydrogen-bond acceptors (Lipinski definition) is 4. The lowest BCUT2D eigenvalue weighted by Gasteiger charge is -2.08. The van der Waals surface area contributed by atoms with Crippen LogP contribution in [0.15, 0.2) is 24.3 Å². The Hall–Kier alpha value is -1.26. The molecule has 0 aliphatic rings. The molecule has 0 amide bonds. The summed E-state index contributed by atoms with van der Waals surface area (Å²) in [5.41, 5.74) is 5.34. The molecule has 1 aromatic carbocycles. The van der Waals surface area contributed by atoms with Crippen LogP contribution in [0.2, 0.25) is 0 Å². The summed E-state index contributed by atoms with van der Waals surface area (Å²) in [7, 11) is 1.63. The Balaban J connectivity index is 2.16. The van der Waals surface area contributed by atoms with Gasteiger partial charge in [0.2, 0.25) is 0 Å². The van der Waals surface area contributed by atoms with E-state index in [-0.39, 0.29) is 0 Å². The summed E-state index contributed by atoms with van der Waals surface area (Å²) in [6.07, 6.45) is 0.888. The van der Waals surface area contributed by atoms with Gasteiger partial charge in [-0.3, -0.25) is 0 Å². The molecule has 4 nitrogen and oxygen atoms in total. The molecular weight excluding hydrogens is 206 g/mol. The second kappa shape index (κ2) is 7.96. The maximum atomic E-state index is 5.49. The molecule has 4 heteroatoms. The van der Waals surface area contributed by atoms with Crippen molar-refractivity contribution < 1.29 is 14.2 Å². The molecule has 0 atom stereocenters. The van der Waals surface area contributed by atoms with Crippen molar-refractivity contribution in [1.82, 2.24) is 0 Å². The van der Waals surface area contributed by atoms with E-state index in [4.69, 9.17) is 19.9 Å². The van der Waals surface area contributed by atoms with E-state index >= 15 is 0 Å². The van der Waals surface area contributed by atoms with Crippen LogP contribution in [0.1, 0.15) is 6.42 Å². The lowest BCUT2D eigenvalue weighted by molar-refractivity contribution is 0.0994. The lowest BCUT2D eigenvalue weighted by atomic mass is 10.3. The number of hydrogen-bond donors (Lipinski definition) is 1. The van der Waals surface area contributed by atoms with Gasteiger partial charge in [0.05, 0.1) is 13.7 Å². The number of benzene rings is 1. The highest BCUT2D eigenvalue weighted by Crippen LogP contribution is 2.18. The van der Waals surface area contributed by atoms with Gasteiger partial charge in [-0.1, -0.05) is 6.07 Å². The smallest absolute Gasteiger partial charge is 0.123 e. The minimum atomic E-state index is 0.539. The Bertz CT molecular complexity index is 291. The Morgan fingerprint density at radius 2 is 1.94 bits per heavy atom. The first-order chi connectivity index (χ1) is 7.86. The monoisotopic (exact) mass is 225 g/mol. The summed E-state index contributed by atoms with van der Waals surface area (Å²) in [6, 6.07) is 7.51. The maximum absolute atomic E-state index is 5.49. The van der Waals surface area contributed by atoms with Crippen LogP contribution >= 0.6 is 0 Å². The topological polar surface area (TPSA) is 53.7 Å². The van der Waals surface area contributed by atoms with E-state index in [1.807, 2.05) is 24.3 Å². The van der Waals surface area contributed by atoms with Crippen LogP contribution in [-0.4, -0.2) is 33.5 Å². The van der Waals surface area contributed by atoms with Crippen LogP contribution in [-0.2, 0) is 4.74 Å². The molecule has 0 bridgehead atoms. The first-order valence-electron chi connectivity index (χ1n) is 5.41. The van der Waals surface area contributed by atoms with Crippen LogP contribution in [0.5, 0.6) is 11.5 Å². The van der Waals surface area contributed by atoms with Gasteiger partial charge in [-0.15, -0.1) is 0 Å². The van der Waals surface area contributed by atoms with Gasteiger partial charge >= 0.3 is 0 Å². The molecule has 1 aromatic rings. The van der Waals surface area contributed by atoms with Crippen molar-refractivity contribution >= 4 is 0 Å². The number of methoxy groups -OCH3 is 1. The van der Waals surface area contributed by atoms with E-state index in [2.05, 4.69) is 0 Å². The zero-order valence-corrected chi connectivity index (χ0v) is 9.65. The molecule has 0 aromatic heterocycles. The van der Waals surface area contributed by atoms with Crippen LogP contribution in [0, 0.1) is 0 Å². The van der Waals surface area contributed by atoms with Gasteiger partial charge in [0, 0.05) is 12.7 Å². The van der Waals surface area contributed by atoms with Crippen molar-refractivity contribution in [2.75, 3.05) is 33.5 Å². The average molecular weight is 225 g/mol. The summed E-state index contributed by atoms with van der Waals surface area (Å²) in [6.45, 7) is 2.48. The van der Waals surface area contributed by atoms with Gasteiger partial charge in [0.25, 0.3) is 0 Å². The fourth-order valence-corrected chi connectivity index (χ4v) is 1.20. The molecule has 0 aliphatic carbocycles. The van der Waals surface area contributed by atoms with Crippen molar-refractivity contribution in [1.29, 1.82) is 0 Å². The third-order valence-electron chi connectivity index (χ3n) is 2.03. The van der Waals surface area contributed by atoms with Crippen LogP contribution in [0.25, 0.3) is 0 Å². The van der Waals surface area contributed by atoms with E-state index in [9.17, 15) is 0 Å². The fourth-order valence-electron chi connectivity index (χ4n) is 1.20. The zero-order chi connectivity index (χ0) is 11.6. The van der Waals surface area contributed by atoms with Gasteiger partial charge in [-0.05, 0) is 25.1 Å². The van der Waals surface area contributed by atoms with E-state index < -0.39 is 0 Å². The zero-order valence-electron chi connectivity index (χ0n) is 9.65. The van der Waals surface area contributed by atoms with Crippen LogP contribution < -0.4 is 15.2 Å². The molecule has 90 valence electrons. The lowest BCUT2D eigenvalue weighted by Crippen LogP contribution is -2.10. The largest absolute Gasteiger partial charge is 0.497 e. The van der Waals surface area contributed by atoms with Gasteiger partial charge in [0.15, 0.2) is 0 Å². The fraction of sp³-hybridized carbons (Fsp3) is 0.500. The normalized spacial score (nSPS) is 10.1. The molecule has 0 saturated heterocycles. The van der Waals surface area contributed by atoms with Gasteiger partial charge < -0.3 is 19.9 Å². The summed E-state index contributed by atoms with van der Waals surface area (Å²) in [4.78, 5) is 0. The molecule has 0 saturated carbocycles. The molecule has 1 rings (SSSR count). The van der Waals surface area contributed by atoms with Crippen molar-refractivity contribution in [2.45, 2.75) is 6.42 Å². The third kappa shape index (κ3) is 5.00. The Morgan fingerprint density at radius 3 is 2.69 bits per heavy atom. The van der Waals surface area contributed by atoms with Crippen molar-refractivity contribution in [3.8, 4) is 11.5 Å². The predicted molar refractivity (Wildman–Crippen MR) is 63.0 cm³/mol. The second-order valence-corrected chi connectivity index (χ2v) is 3.28. The Kier molecular flexibility index (Phi) is 6.37. The molecule has 16 heavy (non-hydrogen) atoms. The molecule has 0 radical (unpaired) electrons. The highest BCUT2D eigenvalue weighted by Gasteiger charge is 1.96. The molecule has 0 spiro atoms. The highest BCUT2D eigenvalue weighted by atomic mass is 16.5. The van der Waals surface area contributed by atoms with Crippen molar-refractivity contribution in [2.24, 2.45) is 5.73 Å². The van der Waals surface area contributed by atoms with E-state index in [0.717, 1.165) is 17.9 Å². The van der Waals surface area contributed by atoms with E-state index in [1.165, 1.54) is 0 Å². The van der Waals surface area contributed by atoms with Gasteiger partial charge in [-0.2, -0.15) is 0 Å². The quantitative estimate of drug-likeness (QED) is 0.680. The Labute approximate surface area is 96.3 Å². The first-order valence-corrected chi connectivity index (χ1v) is 5.41. The molecule has 2 N–H and O–H groups in total. The summed E-state index contributed by atoms with van der Waals surface area (Å²) >= 11 is 0. The minimum absolute atomic E-state index is 0.539. The molecular formula is C12H19NO3. The molecule has 0 aliphatic heterocycles. The standard InChI is InChI=1S/C12H19NO3/c1-14-11-4-2-5-12(10-11)16-9-8-15-7-3-6-13/h2,4-5,10H,3,6-9,13H2,1H3. The number of nitrogens with two attached hydrogens (primary N) is 1. The summed E-state index contributed by atoms with van der Waals surface area (Å²) in [5, 5.41) is 0. The molecule has 0 fully saturated rings. The summed E-state index contributed by atoms with van der Waals surface area (Å²) < 4.78 is 15.9. The van der Waals surface area contributed by atoms with Crippen LogP contribution in [0.4, 0.5) is 0 Å². The van der Waals surface area contributed by atoms with Gasteiger partial charge in [-0.25, -0.2) is 0 Å². The Morgan fingerprint density at radius 1 is 1.12 bits per heavy atom. The predicted octanol–water partition coefficient (Wildman–Crippen LogP) is 1.44.